The quantitative estimate of drug-likeness (QED) is 0.787. The molecule has 1 aromatic rings. The van der Waals surface area contributed by atoms with E-state index in [-0.39, 0.29) is 11.8 Å². The van der Waals surface area contributed by atoms with Crippen LogP contribution in [-0.4, -0.2) is 13.0 Å². The molecule has 1 rings (SSSR count). The van der Waals surface area contributed by atoms with Crippen LogP contribution in [0.25, 0.3) is 0 Å². The molecule has 2 nitrogen and oxygen atoms in total. The van der Waals surface area contributed by atoms with Crippen LogP contribution in [0.4, 0.5) is 4.39 Å². The number of benzene rings is 1. The van der Waals surface area contributed by atoms with Gasteiger partial charge in [0, 0.05) is 11.9 Å². The number of methoxy groups -OCH3 is 1. The molecule has 0 saturated heterocycles. The number of ether oxygens (including phenoxy) is 1. The Kier molecular flexibility index (Phi) is 4.17. The minimum atomic E-state index is -0.393. The van der Waals surface area contributed by atoms with Crippen LogP contribution in [0.5, 0.6) is 5.75 Å². The van der Waals surface area contributed by atoms with Gasteiger partial charge in [0.25, 0.3) is 0 Å². The molecule has 0 aliphatic heterocycles. The number of hydrogen-bond acceptors (Lipinski definition) is 2. The number of hydrogen-bond donors (Lipinski definition) is 1. The van der Waals surface area contributed by atoms with Crippen molar-refractivity contribution in [3.8, 4) is 5.75 Å². The zero-order valence-electron chi connectivity index (χ0n) is 7.97. The van der Waals surface area contributed by atoms with Crippen molar-refractivity contribution in [2.24, 2.45) is 5.73 Å². The van der Waals surface area contributed by atoms with Crippen molar-refractivity contribution < 1.29 is 9.13 Å². The first kappa shape index (κ1) is 11.3. The van der Waals surface area contributed by atoms with Gasteiger partial charge in [0.15, 0.2) is 11.6 Å². The zero-order valence-corrected chi connectivity index (χ0v) is 8.72. The topological polar surface area (TPSA) is 35.2 Å². The van der Waals surface area contributed by atoms with Crippen molar-refractivity contribution in [1.82, 2.24) is 0 Å². The summed E-state index contributed by atoms with van der Waals surface area (Å²) in [5, 5.41) is 0. The molecule has 78 valence electrons. The Hall–Kier alpha value is -0.800. The van der Waals surface area contributed by atoms with Crippen LogP contribution in [-0.2, 0) is 0 Å². The Bertz CT molecular complexity index is 306. The Morgan fingerprint density at radius 2 is 2.29 bits per heavy atom. The Balaban J connectivity index is 2.85. The summed E-state index contributed by atoms with van der Waals surface area (Å²) in [4.78, 5) is 0. The van der Waals surface area contributed by atoms with Crippen LogP contribution < -0.4 is 10.5 Å². The summed E-state index contributed by atoms with van der Waals surface area (Å²) in [6.45, 7) is 0. The highest BCUT2D eigenvalue weighted by atomic mass is 35.5. The molecular formula is C10H13ClFNO. The van der Waals surface area contributed by atoms with Gasteiger partial charge in [-0.3, -0.25) is 0 Å². The van der Waals surface area contributed by atoms with E-state index in [1.807, 2.05) is 0 Å². The van der Waals surface area contributed by atoms with Gasteiger partial charge in [0.05, 0.1) is 7.11 Å². The third-order valence-corrected chi connectivity index (χ3v) is 2.24. The monoisotopic (exact) mass is 217 g/mol. The van der Waals surface area contributed by atoms with Crippen LogP contribution in [0, 0.1) is 5.82 Å². The van der Waals surface area contributed by atoms with Gasteiger partial charge in [-0.15, -0.1) is 11.6 Å². The molecule has 0 spiro atoms. The van der Waals surface area contributed by atoms with E-state index < -0.39 is 5.82 Å². The highest BCUT2D eigenvalue weighted by molar-refractivity contribution is 6.17. The molecule has 1 aromatic carbocycles. The smallest absolute Gasteiger partial charge is 0.165 e. The van der Waals surface area contributed by atoms with Crippen molar-refractivity contribution in [1.29, 1.82) is 0 Å². The van der Waals surface area contributed by atoms with Crippen molar-refractivity contribution in [3.05, 3.63) is 29.6 Å². The largest absolute Gasteiger partial charge is 0.494 e. The second-order valence-electron chi connectivity index (χ2n) is 2.98. The summed E-state index contributed by atoms with van der Waals surface area (Å²) < 4.78 is 18.0. The minimum absolute atomic E-state index is 0.215. The first-order valence-electron chi connectivity index (χ1n) is 4.34. The number of halogens is 2. The Morgan fingerprint density at radius 1 is 1.57 bits per heavy atom. The van der Waals surface area contributed by atoms with E-state index >= 15 is 0 Å². The first-order valence-corrected chi connectivity index (χ1v) is 4.87. The van der Waals surface area contributed by atoms with Gasteiger partial charge in [-0.05, 0) is 24.1 Å². The molecule has 14 heavy (non-hydrogen) atoms. The number of alkyl halides is 1. The molecule has 0 aliphatic rings. The maximum absolute atomic E-state index is 13.2. The van der Waals surface area contributed by atoms with E-state index in [2.05, 4.69) is 0 Å². The van der Waals surface area contributed by atoms with Gasteiger partial charge in [0.2, 0.25) is 0 Å². The van der Waals surface area contributed by atoms with Crippen LogP contribution in [0.15, 0.2) is 18.2 Å². The Morgan fingerprint density at radius 3 is 2.79 bits per heavy atom. The van der Waals surface area contributed by atoms with Crippen LogP contribution in [0.3, 0.4) is 0 Å². The van der Waals surface area contributed by atoms with Gasteiger partial charge in [-0.25, -0.2) is 4.39 Å². The molecule has 2 N–H and O–H groups in total. The zero-order chi connectivity index (χ0) is 10.6. The van der Waals surface area contributed by atoms with Crippen molar-refractivity contribution in [2.45, 2.75) is 12.5 Å². The summed E-state index contributed by atoms with van der Waals surface area (Å²) in [6.07, 6.45) is 0.632. The molecule has 0 amide bonds. The van der Waals surface area contributed by atoms with Gasteiger partial charge in [0.1, 0.15) is 0 Å². The van der Waals surface area contributed by atoms with Crippen molar-refractivity contribution in [2.75, 3.05) is 13.0 Å². The first-order chi connectivity index (χ1) is 6.69. The highest BCUT2D eigenvalue weighted by Gasteiger charge is 2.09. The maximum Gasteiger partial charge on any atom is 0.165 e. The molecule has 0 saturated carbocycles. The van der Waals surface area contributed by atoms with E-state index in [1.165, 1.54) is 13.2 Å². The molecule has 0 bridgehead atoms. The predicted octanol–water partition coefficient (Wildman–Crippen LogP) is 2.46. The predicted molar refractivity (Wildman–Crippen MR) is 55.2 cm³/mol. The number of rotatable bonds is 4. The van der Waals surface area contributed by atoms with Crippen molar-refractivity contribution >= 4 is 11.6 Å². The lowest BCUT2D eigenvalue weighted by Gasteiger charge is -2.11. The summed E-state index contributed by atoms with van der Waals surface area (Å²) in [6, 6.07) is 4.49. The lowest BCUT2D eigenvalue weighted by Crippen LogP contribution is -2.11. The molecule has 1 atom stereocenters. The molecule has 0 radical (unpaired) electrons. The van der Waals surface area contributed by atoms with Crippen LogP contribution >= 0.6 is 11.6 Å². The fourth-order valence-corrected chi connectivity index (χ4v) is 1.43. The van der Waals surface area contributed by atoms with E-state index in [0.29, 0.717) is 12.3 Å². The third kappa shape index (κ3) is 2.59. The van der Waals surface area contributed by atoms with Crippen LogP contribution in [0.2, 0.25) is 0 Å². The molecule has 0 fully saturated rings. The highest BCUT2D eigenvalue weighted by Crippen LogP contribution is 2.22. The number of nitrogens with two attached hydrogens (primary N) is 1. The van der Waals surface area contributed by atoms with E-state index in [4.69, 9.17) is 22.1 Å². The van der Waals surface area contributed by atoms with Gasteiger partial charge in [-0.2, -0.15) is 0 Å². The maximum atomic E-state index is 13.2. The van der Waals surface area contributed by atoms with E-state index in [9.17, 15) is 4.39 Å². The standard InChI is InChI=1S/C10H13ClFNO/c1-14-10-3-2-7(6-8(10)12)9(13)4-5-11/h2-3,6,9H,4-5,13H2,1H3. The molecule has 4 heteroatoms. The van der Waals surface area contributed by atoms with Crippen LogP contribution in [0.1, 0.15) is 18.0 Å². The van der Waals surface area contributed by atoms with Gasteiger partial charge < -0.3 is 10.5 Å². The summed E-state index contributed by atoms with van der Waals surface area (Å²) in [5.74, 6) is 0.302. The average Bonchev–Trinajstić information content (AvgIpc) is 2.18. The van der Waals surface area contributed by atoms with E-state index in [1.54, 1.807) is 12.1 Å². The van der Waals surface area contributed by atoms with E-state index in [0.717, 1.165) is 5.56 Å². The molecule has 0 aromatic heterocycles. The summed E-state index contributed by atoms with van der Waals surface area (Å²) >= 11 is 5.55. The molecule has 1 unspecified atom stereocenters. The fraction of sp³-hybridized carbons (Fsp3) is 0.400. The SMILES string of the molecule is COc1ccc(C(N)CCCl)cc1F. The lowest BCUT2D eigenvalue weighted by molar-refractivity contribution is 0.386. The fourth-order valence-electron chi connectivity index (χ4n) is 1.20. The molecular weight excluding hydrogens is 205 g/mol. The lowest BCUT2D eigenvalue weighted by atomic mass is 10.1. The van der Waals surface area contributed by atoms with Gasteiger partial charge in [-0.1, -0.05) is 6.07 Å². The molecule has 0 heterocycles. The second-order valence-corrected chi connectivity index (χ2v) is 3.36. The minimum Gasteiger partial charge on any atom is -0.494 e. The van der Waals surface area contributed by atoms with Gasteiger partial charge >= 0.3 is 0 Å². The van der Waals surface area contributed by atoms with Crippen molar-refractivity contribution in [3.63, 3.8) is 0 Å². The average molecular weight is 218 g/mol. The normalized spacial score (nSPS) is 12.6. The summed E-state index contributed by atoms with van der Waals surface area (Å²) in [7, 11) is 1.43. The Labute approximate surface area is 87.8 Å². The molecule has 0 aliphatic carbocycles. The second kappa shape index (κ2) is 5.17. The summed E-state index contributed by atoms with van der Waals surface area (Å²) in [5.41, 5.74) is 6.51. The third-order valence-electron chi connectivity index (χ3n) is 2.02.